The van der Waals surface area contributed by atoms with Gasteiger partial charge in [-0.05, 0) is 86.9 Å². The van der Waals surface area contributed by atoms with E-state index in [2.05, 4.69) is 52.3 Å². The summed E-state index contributed by atoms with van der Waals surface area (Å²) in [6.45, 7) is 0.432. The number of aromatic nitrogens is 1. The number of fused-ring (bicyclic) bond motifs is 3. The molecule has 0 N–H and O–H groups in total. The van der Waals surface area contributed by atoms with Gasteiger partial charge >= 0.3 is 0 Å². The lowest BCUT2D eigenvalue weighted by Crippen LogP contribution is -2.38. The monoisotopic (exact) mass is 638 g/mol. The molecule has 1 aliphatic heterocycles. The van der Waals surface area contributed by atoms with Crippen molar-refractivity contribution in [1.29, 1.82) is 0 Å². The van der Waals surface area contributed by atoms with Crippen LogP contribution in [0, 0.1) is 0 Å². The van der Waals surface area contributed by atoms with Crippen molar-refractivity contribution in [2.24, 2.45) is 4.99 Å². The van der Waals surface area contributed by atoms with Crippen LogP contribution < -0.4 is 19.6 Å². The summed E-state index contributed by atoms with van der Waals surface area (Å²) in [5, 5.41) is 0.699. The Labute approximate surface area is 254 Å². The van der Waals surface area contributed by atoms with Crippen LogP contribution in [-0.2, 0) is 13.0 Å². The summed E-state index contributed by atoms with van der Waals surface area (Å²) in [7, 11) is 0. The van der Waals surface area contributed by atoms with E-state index < -0.39 is 0 Å². The lowest BCUT2D eigenvalue weighted by Gasteiger charge is -2.30. The van der Waals surface area contributed by atoms with E-state index in [9.17, 15) is 4.79 Å². The van der Waals surface area contributed by atoms with Gasteiger partial charge in [0.15, 0.2) is 4.80 Å². The predicted molar refractivity (Wildman–Crippen MR) is 169 cm³/mol. The number of nitrogens with zero attached hydrogens (tertiary/aromatic N) is 2. The molecule has 1 atom stereocenters. The average molecular weight is 640 g/mol. The van der Waals surface area contributed by atoms with Crippen molar-refractivity contribution in [2.75, 3.05) is 0 Å². The van der Waals surface area contributed by atoms with Crippen molar-refractivity contribution in [1.82, 2.24) is 4.57 Å². The fraction of sp³-hybridized carbons (Fsp3) is 0.118. The Balaban J connectivity index is 1.28. The van der Waals surface area contributed by atoms with Crippen molar-refractivity contribution < 1.29 is 4.74 Å². The number of rotatable bonds is 5. The molecule has 5 aromatic rings. The Kier molecular flexibility index (Phi) is 6.99. The number of hydrogen-bond acceptors (Lipinski definition) is 4. The molecule has 1 aliphatic carbocycles. The minimum absolute atomic E-state index is 0.0211. The van der Waals surface area contributed by atoms with Gasteiger partial charge in [0.1, 0.15) is 12.4 Å². The van der Waals surface area contributed by atoms with Crippen LogP contribution in [0.25, 0.3) is 11.8 Å². The molecule has 1 aromatic heterocycles. The second-order valence-electron chi connectivity index (χ2n) is 10.1. The van der Waals surface area contributed by atoms with Crippen LogP contribution in [0.5, 0.6) is 5.75 Å². The van der Waals surface area contributed by atoms with E-state index in [1.54, 1.807) is 0 Å². The standard InChI is InChI=1S/C34H24BrClN2O2S/c35-28-18-22(12-17-29(28)40-20-21-10-14-25(36)15-11-21)19-30-33(39)38-32(24-7-2-1-3-8-24)27-16-13-23-6-4-5-9-26(23)31(27)37-34(38)41-30/h1-12,14-15,17-19,32H,13,16,20H2/b30-19-/t32-/m0/s1. The number of allylic oxidation sites excluding steroid dienone is 1. The van der Waals surface area contributed by atoms with E-state index in [-0.39, 0.29) is 11.6 Å². The third-order valence-corrected chi connectivity index (χ3v) is 9.40. The molecular weight excluding hydrogens is 616 g/mol. The van der Waals surface area contributed by atoms with Crippen LogP contribution in [0.3, 0.4) is 0 Å². The first-order chi connectivity index (χ1) is 20.0. The van der Waals surface area contributed by atoms with Gasteiger partial charge in [-0.3, -0.25) is 9.36 Å². The zero-order valence-corrected chi connectivity index (χ0v) is 25.0. The summed E-state index contributed by atoms with van der Waals surface area (Å²) in [5.41, 5.74) is 7.72. The maximum absolute atomic E-state index is 14.0. The van der Waals surface area contributed by atoms with Crippen LogP contribution in [-0.4, -0.2) is 4.57 Å². The molecule has 41 heavy (non-hydrogen) atoms. The molecule has 2 heterocycles. The molecule has 0 spiro atoms. The largest absolute Gasteiger partial charge is 0.488 e. The van der Waals surface area contributed by atoms with Crippen LogP contribution in [0.1, 0.15) is 40.3 Å². The van der Waals surface area contributed by atoms with Gasteiger partial charge in [0, 0.05) is 10.6 Å². The quantitative estimate of drug-likeness (QED) is 0.202. The molecule has 4 aromatic carbocycles. The Hall–Kier alpha value is -3.71. The fourth-order valence-electron chi connectivity index (χ4n) is 5.57. The topological polar surface area (TPSA) is 43.6 Å². The van der Waals surface area contributed by atoms with Gasteiger partial charge in [-0.25, -0.2) is 4.99 Å². The number of aryl methyl sites for hydroxylation is 1. The van der Waals surface area contributed by atoms with Crippen molar-refractivity contribution >= 4 is 50.6 Å². The summed E-state index contributed by atoms with van der Waals surface area (Å²) in [4.78, 5) is 19.8. The first-order valence-electron chi connectivity index (χ1n) is 13.4. The lowest BCUT2D eigenvalue weighted by molar-refractivity contribution is 0.304. The lowest BCUT2D eigenvalue weighted by atomic mass is 9.83. The Morgan fingerprint density at radius 1 is 0.976 bits per heavy atom. The third kappa shape index (κ3) is 5.01. The van der Waals surface area contributed by atoms with Gasteiger partial charge in [-0.2, -0.15) is 0 Å². The van der Waals surface area contributed by atoms with Crippen LogP contribution in [0.4, 0.5) is 0 Å². The van der Waals surface area contributed by atoms with E-state index in [1.807, 2.05) is 71.3 Å². The van der Waals surface area contributed by atoms with Crippen LogP contribution >= 0.6 is 38.9 Å². The molecule has 7 rings (SSSR count). The SMILES string of the molecule is O=c1/c(=C/c2ccc(OCc3ccc(Cl)cc3)c(Br)c2)sc2n1[C@@H](c1ccccc1)C1=C(N=2)c2ccccc2CC1. The molecular formula is C34H24BrClN2O2S. The number of hydrogen-bond donors (Lipinski definition) is 0. The maximum atomic E-state index is 14.0. The normalized spacial score (nSPS) is 16.0. The molecule has 0 fully saturated rings. The highest BCUT2D eigenvalue weighted by Gasteiger charge is 2.32. The Morgan fingerprint density at radius 2 is 1.76 bits per heavy atom. The van der Waals surface area contributed by atoms with E-state index in [4.69, 9.17) is 21.3 Å². The Morgan fingerprint density at radius 3 is 2.56 bits per heavy atom. The molecule has 0 saturated carbocycles. The predicted octanol–water partition coefficient (Wildman–Crippen LogP) is 7.31. The summed E-state index contributed by atoms with van der Waals surface area (Å²) in [5.74, 6) is 0.731. The van der Waals surface area contributed by atoms with E-state index in [0.29, 0.717) is 16.2 Å². The first-order valence-corrected chi connectivity index (χ1v) is 15.4. The van der Waals surface area contributed by atoms with Gasteiger partial charge in [0.2, 0.25) is 0 Å². The van der Waals surface area contributed by atoms with Crippen molar-refractivity contribution in [3.63, 3.8) is 0 Å². The molecule has 0 bridgehead atoms. The van der Waals surface area contributed by atoms with E-state index in [1.165, 1.54) is 28.0 Å². The molecule has 0 radical (unpaired) electrons. The third-order valence-electron chi connectivity index (χ3n) is 7.55. The smallest absolute Gasteiger partial charge is 0.271 e. The number of halogens is 2. The van der Waals surface area contributed by atoms with Gasteiger partial charge in [-0.15, -0.1) is 0 Å². The van der Waals surface area contributed by atoms with Crippen molar-refractivity contribution in [3.8, 4) is 5.75 Å². The van der Waals surface area contributed by atoms with Crippen molar-refractivity contribution in [2.45, 2.75) is 25.5 Å². The van der Waals surface area contributed by atoms with Crippen LogP contribution in [0.15, 0.2) is 117 Å². The average Bonchev–Trinajstić information content (AvgIpc) is 3.31. The van der Waals surface area contributed by atoms with E-state index >= 15 is 0 Å². The second-order valence-corrected chi connectivity index (χ2v) is 12.4. The van der Waals surface area contributed by atoms with Gasteiger partial charge in [-0.1, -0.05) is 95.7 Å². The van der Waals surface area contributed by atoms with Gasteiger partial charge < -0.3 is 4.74 Å². The van der Waals surface area contributed by atoms with Gasteiger partial charge in [0.05, 0.1) is 20.7 Å². The van der Waals surface area contributed by atoms with E-state index in [0.717, 1.165) is 50.3 Å². The highest BCUT2D eigenvalue weighted by molar-refractivity contribution is 9.10. The highest BCUT2D eigenvalue weighted by Crippen LogP contribution is 2.41. The minimum atomic E-state index is -0.173. The Bertz CT molecular complexity index is 2000. The summed E-state index contributed by atoms with van der Waals surface area (Å²) < 4.78 is 9.38. The maximum Gasteiger partial charge on any atom is 0.271 e. The number of thiazole rings is 1. The zero-order chi connectivity index (χ0) is 27.9. The first kappa shape index (κ1) is 26.2. The van der Waals surface area contributed by atoms with Crippen LogP contribution in [0.2, 0.25) is 5.02 Å². The second kappa shape index (κ2) is 10.9. The molecule has 202 valence electrons. The highest BCUT2D eigenvalue weighted by atomic mass is 79.9. The summed E-state index contributed by atoms with van der Waals surface area (Å²) in [6, 6.07) is 32.1. The van der Waals surface area contributed by atoms with Gasteiger partial charge in [0.25, 0.3) is 5.56 Å². The number of ether oxygens (including phenoxy) is 1. The van der Waals surface area contributed by atoms with Crippen molar-refractivity contribution in [3.05, 3.63) is 160 Å². The zero-order valence-electron chi connectivity index (χ0n) is 21.9. The molecule has 0 amide bonds. The number of benzene rings is 4. The molecule has 0 saturated heterocycles. The summed E-state index contributed by atoms with van der Waals surface area (Å²) >= 11 is 11.1. The summed E-state index contributed by atoms with van der Waals surface area (Å²) in [6.07, 6.45) is 3.76. The fourth-order valence-corrected chi connectivity index (χ4v) is 7.21. The molecule has 7 heteroatoms. The molecule has 0 unspecified atom stereocenters. The molecule has 4 nitrogen and oxygen atoms in total. The minimum Gasteiger partial charge on any atom is -0.488 e. The molecule has 2 aliphatic rings.